The number of morpholine rings is 1. The molecule has 0 atom stereocenters. The molecule has 2 aliphatic rings. The molecule has 134 valence electrons. The first-order chi connectivity index (χ1) is 12.2. The maximum Gasteiger partial charge on any atom is 0.176 e. The van der Waals surface area contributed by atoms with E-state index in [0.29, 0.717) is 5.02 Å². The highest BCUT2D eigenvalue weighted by Gasteiger charge is 2.45. The van der Waals surface area contributed by atoms with Gasteiger partial charge in [-0.3, -0.25) is 4.90 Å². The fourth-order valence-corrected chi connectivity index (χ4v) is 4.27. The van der Waals surface area contributed by atoms with Gasteiger partial charge in [0.25, 0.3) is 0 Å². The molecular weight excluding hydrogens is 338 g/mol. The lowest BCUT2D eigenvalue weighted by Gasteiger charge is -2.47. The Hall–Kier alpha value is -1.50. The smallest absolute Gasteiger partial charge is 0.176 e. The first-order valence-corrected chi connectivity index (χ1v) is 9.44. The minimum absolute atomic E-state index is 0.112. The Balaban J connectivity index is 1.75. The quantitative estimate of drug-likeness (QED) is 0.841. The van der Waals surface area contributed by atoms with Crippen LogP contribution in [0.2, 0.25) is 5.02 Å². The number of aromatic nitrogens is 4. The number of benzene rings is 1. The first-order valence-electron chi connectivity index (χ1n) is 9.07. The van der Waals surface area contributed by atoms with Crippen LogP contribution in [-0.2, 0) is 10.3 Å². The minimum Gasteiger partial charge on any atom is -0.379 e. The van der Waals surface area contributed by atoms with Gasteiger partial charge in [-0.25, -0.2) is 0 Å². The van der Waals surface area contributed by atoms with Gasteiger partial charge in [-0.2, -0.15) is 4.68 Å². The van der Waals surface area contributed by atoms with Crippen molar-refractivity contribution < 1.29 is 4.74 Å². The summed E-state index contributed by atoms with van der Waals surface area (Å²) < 4.78 is 7.48. The highest BCUT2D eigenvalue weighted by Crippen LogP contribution is 2.43. The van der Waals surface area contributed by atoms with E-state index in [1.54, 1.807) is 0 Å². The average molecular weight is 362 g/mol. The van der Waals surface area contributed by atoms with Crippen molar-refractivity contribution in [3.05, 3.63) is 35.1 Å². The van der Waals surface area contributed by atoms with Crippen molar-refractivity contribution in [1.29, 1.82) is 0 Å². The second-order valence-electron chi connectivity index (χ2n) is 7.20. The predicted molar refractivity (Wildman–Crippen MR) is 95.9 cm³/mol. The van der Waals surface area contributed by atoms with Gasteiger partial charge < -0.3 is 4.74 Å². The molecule has 2 fully saturated rings. The van der Waals surface area contributed by atoms with Gasteiger partial charge >= 0.3 is 0 Å². The van der Waals surface area contributed by atoms with Gasteiger partial charge in [0.05, 0.1) is 24.4 Å². The highest BCUT2D eigenvalue weighted by molar-refractivity contribution is 6.30. The van der Waals surface area contributed by atoms with Crippen LogP contribution in [-0.4, -0.2) is 51.4 Å². The second-order valence-corrected chi connectivity index (χ2v) is 7.64. The molecule has 1 saturated carbocycles. The number of tetrazole rings is 1. The van der Waals surface area contributed by atoms with Gasteiger partial charge in [-0.15, -0.1) is 5.10 Å². The maximum atomic E-state index is 6.04. The Morgan fingerprint density at radius 2 is 1.80 bits per heavy atom. The van der Waals surface area contributed by atoms with Crippen LogP contribution in [0.15, 0.2) is 24.3 Å². The molecule has 2 aromatic rings. The SMILES string of the molecule is CC1CCC(c2nnnn2-c2ccc(Cl)cc2)(N2CCOCC2)CC1. The summed E-state index contributed by atoms with van der Waals surface area (Å²) in [4.78, 5) is 2.54. The van der Waals surface area contributed by atoms with Crippen LogP contribution in [0.4, 0.5) is 0 Å². The third kappa shape index (κ3) is 3.18. The van der Waals surface area contributed by atoms with Crippen LogP contribution in [0.3, 0.4) is 0 Å². The number of nitrogens with zero attached hydrogens (tertiary/aromatic N) is 5. The fourth-order valence-electron chi connectivity index (χ4n) is 4.15. The van der Waals surface area contributed by atoms with E-state index in [2.05, 4.69) is 27.3 Å². The summed E-state index contributed by atoms with van der Waals surface area (Å²) in [5.41, 5.74) is 0.843. The molecule has 1 saturated heterocycles. The lowest BCUT2D eigenvalue weighted by atomic mass is 9.75. The molecule has 0 bridgehead atoms. The third-order valence-corrected chi connectivity index (χ3v) is 5.93. The monoisotopic (exact) mass is 361 g/mol. The van der Waals surface area contributed by atoms with Crippen LogP contribution in [0.1, 0.15) is 38.4 Å². The summed E-state index contributed by atoms with van der Waals surface area (Å²) >= 11 is 6.04. The fraction of sp³-hybridized carbons (Fsp3) is 0.611. The van der Waals surface area contributed by atoms with Crippen molar-refractivity contribution in [3.63, 3.8) is 0 Å². The molecule has 2 heterocycles. The minimum atomic E-state index is -0.112. The zero-order valence-electron chi connectivity index (χ0n) is 14.6. The zero-order chi connectivity index (χ0) is 17.3. The Bertz CT molecular complexity index is 703. The van der Waals surface area contributed by atoms with E-state index in [1.807, 2.05) is 28.9 Å². The highest BCUT2D eigenvalue weighted by atomic mass is 35.5. The molecule has 6 nitrogen and oxygen atoms in total. The molecule has 0 radical (unpaired) electrons. The summed E-state index contributed by atoms with van der Waals surface area (Å²) in [6, 6.07) is 7.71. The van der Waals surface area contributed by atoms with Crippen molar-refractivity contribution >= 4 is 11.6 Å². The van der Waals surface area contributed by atoms with Gasteiger partial charge in [0.15, 0.2) is 5.82 Å². The van der Waals surface area contributed by atoms with E-state index < -0.39 is 0 Å². The van der Waals surface area contributed by atoms with Gasteiger partial charge in [-0.1, -0.05) is 18.5 Å². The summed E-state index contributed by atoms with van der Waals surface area (Å²) in [6.07, 6.45) is 4.57. The first kappa shape index (κ1) is 16.9. The van der Waals surface area contributed by atoms with Crippen molar-refractivity contribution in [3.8, 4) is 5.69 Å². The zero-order valence-corrected chi connectivity index (χ0v) is 15.3. The van der Waals surface area contributed by atoms with Crippen molar-refractivity contribution in [2.75, 3.05) is 26.3 Å². The Morgan fingerprint density at radius 1 is 1.12 bits per heavy atom. The van der Waals surface area contributed by atoms with Gasteiger partial charge in [0.2, 0.25) is 0 Å². The normalized spacial score (nSPS) is 28.2. The molecule has 1 aromatic carbocycles. The van der Waals surface area contributed by atoms with Crippen molar-refractivity contribution in [2.24, 2.45) is 5.92 Å². The molecular formula is C18H24ClN5O. The lowest BCUT2D eigenvalue weighted by Crippen LogP contribution is -2.54. The Morgan fingerprint density at radius 3 is 2.48 bits per heavy atom. The summed E-state index contributed by atoms with van der Waals surface area (Å²) in [5.74, 6) is 1.71. The summed E-state index contributed by atoms with van der Waals surface area (Å²) in [5, 5.41) is 13.5. The van der Waals surface area contributed by atoms with Crippen LogP contribution < -0.4 is 0 Å². The van der Waals surface area contributed by atoms with Crippen molar-refractivity contribution in [2.45, 2.75) is 38.1 Å². The molecule has 0 unspecified atom stereocenters. The largest absolute Gasteiger partial charge is 0.379 e. The van der Waals surface area contributed by atoms with Crippen LogP contribution >= 0.6 is 11.6 Å². The number of halogens is 1. The van der Waals surface area contributed by atoms with Gasteiger partial charge in [0, 0.05) is 18.1 Å². The number of hydrogen-bond donors (Lipinski definition) is 0. The standard InChI is InChI=1S/C18H24ClN5O/c1-14-6-8-18(9-7-14,23-10-12-25-13-11-23)17-20-21-22-24(17)16-4-2-15(19)3-5-16/h2-5,14H,6-13H2,1H3. The Kier molecular flexibility index (Phi) is 4.75. The van der Waals surface area contributed by atoms with E-state index in [9.17, 15) is 0 Å². The van der Waals surface area contributed by atoms with E-state index in [-0.39, 0.29) is 5.54 Å². The third-order valence-electron chi connectivity index (χ3n) is 5.67. The molecule has 25 heavy (non-hydrogen) atoms. The van der Waals surface area contributed by atoms with Crippen LogP contribution in [0, 0.1) is 5.92 Å². The molecule has 0 amide bonds. The number of hydrogen-bond acceptors (Lipinski definition) is 5. The van der Waals surface area contributed by atoms with Gasteiger partial charge in [-0.05, 0) is 66.3 Å². The second kappa shape index (κ2) is 7.02. The molecule has 0 spiro atoms. The molecule has 4 rings (SSSR count). The van der Waals surface area contributed by atoms with Gasteiger partial charge in [0.1, 0.15) is 0 Å². The van der Waals surface area contributed by atoms with E-state index in [0.717, 1.165) is 56.6 Å². The summed E-state index contributed by atoms with van der Waals surface area (Å²) in [7, 11) is 0. The van der Waals surface area contributed by atoms with E-state index >= 15 is 0 Å². The molecule has 0 N–H and O–H groups in total. The van der Waals surface area contributed by atoms with E-state index in [4.69, 9.17) is 16.3 Å². The maximum absolute atomic E-state index is 6.04. The topological polar surface area (TPSA) is 56.1 Å². The van der Waals surface area contributed by atoms with Crippen LogP contribution in [0.25, 0.3) is 5.69 Å². The molecule has 1 aliphatic carbocycles. The van der Waals surface area contributed by atoms with Crippen molar-refractivity contribution in [1.82, 2.24) is 25.1 Å². The molecule has 1 aliphatic heterocycles. The average Bonchev–Trinajstić information content (AvgIpc) is 3.14. The number of rotatable bonds is 3. The summed E-state index contributed by atoms with van der Waals surface area (Å²) in [6.45, 7) is 5.76. The Labute approximate surface area is 153 Å². The lowest BCUT2D eigenvalue weighted by molar-refractivity contribution is -0.0499. The number of ether oxygens (including phenoxy) is 1. The predicted octanol–water partition coefficient (Wildman–Crippen LogP) is 3.05. The molecule has 1 aromatic heterocycles. The molecule has 7 heteroatoms. The van der Waals surface area contributed by atoms with E-state index in [1.165, 1.54) is 12.8 Å². The van der Waals surface area contributed by atoms with Crippen LogP contribution in [0.5, 0.6) is 0 Å².